The average Bonchev–Trinajstić information content (AvgIpc) is 2.69. The van der Waals surface area contributed by atoms with Crippen molar-refractivity contribution in [3.05, 3.63) is 58.1 Å². The van der Waals surface area contributed by atoms with Gasteiger partial charge in [-0.3, -0.25) is 9.59 Å². The zero-order valence-electron chi connectivity index (χ0n) is 14.7. The predicted octanol–water partition coefficient (Wildman–Crippen LogP) is 5.35. The number of nitrogens with one attached hydrogen (secondary N) is 1. The first-order valence-corrected chi connectivity index (χ1v) is 10.5. The molecule has 0 bridgehead atoms. The normalized spacial score (nSPS) is 14.1. The third-order valence-corrected chi connectivity index (χ3v) is 6.06. The Morgan fingerprint density at radius 3 is 2.56 bits per heavy atom. The van der Waals surface area contributed by atoms with Gasteiger partial charge in [-0.15, -0.1) is 11.8 Å². The van der Waals surface area contributed by atoms with Crippen LogP contribution in [0, 0.1) is 0 Å². The molecule has 0 unspecified atom stereocenters. The average molecular weight is 423 g/mol. The standard InChI is InChI=1S/C20H20Cl2N2O2S/c21-14-8-9-16(22)18(12-14)27-13-19(25)23-17-7-3-2-6-15(17)20(26)24-10-4-1-5-11-24/h2-3,6-9,12H,1,4-5,10-11,13H2,(H,23,25). The van der Waals surface area contributed by atoms with Gasteiger partial charge in [-0.25, -0.2) is 0 Å². The van der Waals surface area contributed by atoms with E-state index in [2.05, 4.69) is 5.32 Å². The minimum atomic E-state index is -0.199. The van der Waals surface area contributed by atoms with Crippen molar-refractivity contribution in [1.82, 2.24) is 4.90 Å². The van der Waals surface area contributed by atoms with E-state index in [1.807, 2.05) is 17.0 Å². The number of benzene rings is 2. The fourth-order valence-electron chi connectivity index (χ4n) is 2.96. The molecule has 1 aliphatic heterocycles. The van der Waals surface area contributed by atoms with Crippen LogP contribution in [-0.4, -0.2) is 35.6 Å². The van der Waals surface area contributed by atoms with Gasteiger partial charge in [-0.05, 0) is 49.6 Å². The van der Waals surface area contributed by atoms with Crippen molar-refractivity contribution >= 4 is 52.5 Å². The number of carbonyl (C=O) groups excluding carboxylic acids is 2. The second-order valence-corrected chi connectivity index (χ2v) is 8.17. The molecule has 1 fully saturated rings. The summed E-state index contributed by atoms with van der Waals surface area (Å²) in [7, 11) is 0. The van der Waals surface area contributed by atoms with Crippen molar-refractivity contribution in [3.63, 3.8) is 0 Å². The molecule has 7 heteroatoms. The first-order valence-electron chi connectivity index (χ1n) is 8.80. The summed E-state index contributed by atoms with van der Waals surface area (Å²) in [5.74, 6) is -0.0576. The second-order valence-electron chi connectivity index (χ2n) is 6.31. The monoisotopic (exact) mass is 422 g/mol. The topological polar surface area (TPSA) is 49.4 Å². The van der Waals surface area contributed by atoms with Gasteiger partial charge in [-0.1, -0.05) is 35.3 Å². The first-order chi connectivity index (χ1) is 13.0. The van der Waals surface area contributed by atoms with E-state index in [0.717, 1.165) is 37.2 Å². The molecule has 0 atom stereocenters. The van der Waals surface area contributed by atoms with Gasteiger partial charge < -0.3 is 10.2 Å². The minimum Gasteiger partial charge on any atom is -0.339 e. The van der Waals surface area contributed by atoms with E-state index in [9.17, 15) is 9.59 Å². The number of likely N-dealkylation sites (tertiary alicyclic amines) is 1. The number of halogens is 2. The Morgan fingerprint density at radius 1 is 1.04 bits per heavy atom. The fraction of sp³-hybridized carbons (Fsp3) is 0.300. The molecular weight excluding hydrogens is 403 g/mol. The lowest BCUT2D eigenvalue weighted by Crippen LogP contribution is -2.36. The number of rotatable bonds is 5. The molecule has 1 aliphatic rings. The highest BCUT2D eigenvalue weighted by molar-refractivity contribution is 8.00. The molecule has 1 saturated heterocycles. The van der Waals surface area contributed by atoms with Gasteiger partial charge in [0.05, 0.1) is 22.0 Å². The Kier molecular flexibility index (Phi) is 7.05. The number of carbonyl (C=O) groups is 2. The van der Waals surface area contributed by atoms with Gasteiger partial charge >= 0.3 is 0 Å². The lowest BCUT2D eigenvalue weighted by molar-refractivity contribution is -0.113. The molecule has 0 spiro atoms. The van der Waals surface area contributed by atoms with Gasteiger partial charge in [0.1, 0.15) is 0 Å². The van der Waals surface area contributed by atoms with Crippen molar-refractivity contribution in [2.75, 3.05) is 24.2 Å². The van der Waals surface area contributed by atoms with Gasteiger partial charge in [0.2, 0.25) is 5.91 Å². The van der Waals surface area contributed by atoms with E-state index < -0.39 is 0 Å². The third kappa shape index (κ3) is 5.41. The summed E-state index contributed by atoms with van der Waals surface area (Å²) in [6.07, 6.45) is 3.21. The number of hydrogen-bond donors (Lipinski definition) is 1. The molecule has 0 radical (unpaired) electrons. The number of amides is 2. The molecule has 0 aliphatic carbocycles. The molecule has 1 heterocycles. The van der Waals surface area contributed by atoms with Crippen LogP contribution in [0.5, 0.6) is 0 Å². The van der Waals surface area contributed by atoms with E-state index in [0.29, 0.717) is 21.3 Å². The number of para-hydroxylation sites is 1. The lowest BCUT2D eigenvalue weighted by Gasteiger charge is -2.27. The summed E-state index contributed by atoms with van der Waals surface area (Å²) in [5.41, 5.74) is 1.06. The fourth-order valence-corrected chi connectivity index (χ4v) is 4.26. The van der Waals surface area contributed by atoms with Crippen LogP contribution in [-0.2, 0) is 4.79 Å². The first kappa shape index (κ1) is 20.1. The van der Waals surface area contributed by atoms with Gasteiger partial charge in [-0.2, -0.15) is 0 Å². The molecule has 0 saturated carbocycles. The number of thioether (sulfide) groups is 1. The Morgan fingerprint density at radius 2 is 1.78 bits per heavy atom. The van der Waals surface area contributed by atoms with Gasteiger partial charge in [0.15, 0.2) is 0 Å². The van der Waals surface area contributed by atoms with Crippen molar-refractivity contribution < 1.29 is 9.59 Å². The molecule has 2 aromatic rings. The zero-order chi connectivity index (χ0) is 19.2. The van der Waals surface area contributed by atoms with E-state index >= 15 is 0 Å². The lowest BCUT2D eigenvalue weighted by atomic mass is 10.1. The summed E-state index contributed by atoms with van der Waals surface area (Å²) in [6.45, 7) is 1.54. The number of anilines is 1. The number of nitrogens with zero attached hydrogens (tertiary/aromatic N) is 1. The predicted molar refractivity (Wildman–Crippen MR) is 112 cm³/mol. The van der Waals surface area contributed by atoms with Crippen LogP contribution < -0.4 is 5.32 Å². The summed E-state index contributed by atoms with van der Waals surface area (Å²) >= 11 is 13.4. The molecule has 142 valence electrons. The van der Waals surface area contributed by atoms with Crippen LogP contribution in [0.4, 0.5) is 5.69 Å². The van der Waals surface area contributed by atoms with Crippen LogP contribution in [0.2, 0.25) is 10.0 Å². The highest BCUT2D eigenvalue weighted by Gasteiger charge is 2.21. The highest BCUT2D eigenvalue weighted by Crippen LogP contribution is 2.30. The maximum atomic E-state index is 12.8. The number of piperidine rings is 1. The molecule has 0 aromatic heterocycles. The van der Waals surface area contributed by atoms with Crippen LogP contribution in [0.15, 0.2) is 47.4 Å². The van der Waals surface area contributed by atoms with Crippen LogP contribution in [0.1, 0.15) is 29.6 Å². The minimum absolute atomic E-state index is 0.0314. The molecular formula is C20H20Cl2N2O2S. The SMILES string of the molecule is O=C(CSc1cc(Cl)ccc1Cl)Nc1ccccc1C(=O)N1CCCCC1. The van der Waals surface area contributed by atoms with E-state index in [1.165, 1.54) is 11.8 Å². The van der Waals surface area contributed by atoms with Crippen molar-refractivity contribution in [2.45, 2.75) is 24.2 Å². The molecule has 2 aromatic carbocycles. The van der Waals surface area contributed by atoms with Crippen LogP contribution in [0.3, 0.4) is 0 Å². The smallest absolute Gasteiger partial charge is 0.255 e. The summed E-state index contributed by atoms with van der Waals surface area (Å²) in [5, 5.41) is 3.97. The van der Waals surface area contributed by atoms with Crippen molar-refractivity contribution in [3.8, 4) is 0 Å². The van der Waals surface area contributed by atoms with Gasteiger partial charge in [0.25, 0.3) is 5.91 Å². The maximum absolute atomic E-state index is 12.8. The van der Waals surface area contributed by atoms with Crippen molar-refractivity contribution in [2.24, 2.45) is 0 Å². The molecule has 1 N–H and O–H groups in total. The molecule has 2 amide bonds. The Labute approximate surface area is 173 Å². The zero-order valence-corrected chi connectivity index (χ0v) is 17.0. The van der Waals surface area contributed by atoms with E-state index in [1.54, 1.807) is 30.3 Å². The highest BCUT2D eigenvalue weighted by atomic mass is 35.5. The van der Waals surface area contributed by atoms with Crippen LogP contribution >= 0.6 is 35.0 Å². The second kappa shape index (κ2) is 9.49. The van der Waals surface area contributed by atoms with Gasteiger partial charge in [0, 0.05) is 23.0 Å². The molecule has 27 heavy (non-hydrogen) atoms. The molecule has 3 rings (SSSR count). The summed E-state index contributed by atoms with van der Waals surface area (Å²) in [6, 6.07) is 12.3. The van der Waals surface area contributed by atoms with E-state index in [4.69, 9.17) is 23.2 Å². The molecule has 4 nitrogen and oxygen atoms in total. The summed E-state index contributed by atoms with van der Waals surface area (Å²) < 4.78 is 0. The maximum Gasteiger partial charge on any atom is 0.255 e. The Bertz CT molecular complexity index is 838. The largest absolute Gasteiger partial charge is 0.339 e. The Hall–Kier alpha value is -1.69. The summed E-state index contributed by atoms with van der Waals surface area (Å²) in [4.78, 5) is 27.8. The van der Waals surface area contributed by atoms with Crippen molar-refractivity contribution in [1.29, 1.82) is 0 Å². The van der Waals surface area contributed by atoms with Crippen LogP contribution in [0.25, 0.3) is 0 Å². The quantitative estimate of drug-likeness (QED) is 0.660. The third-order valence-electron chi connectivity index (χ3n) is 4.33. The number of hydrogen-bond acceptors (Lipinski definition) is 3. The van der Waals surface area contributed by atoms with E-state index in [-0.39, 0.29) is 17.6 Å². The Balaban J connectivity index is 1.65.